The third kappa shape index (κ3) is 3.25. The molecule has 0 radical (unpaired) electrons. The van der Waals surface area contributed by atoms with E-state index in [9.17, 15) is 0 Å². The van der Waals surface area contributed by atoms with E-state index in [1.165, 1.54) is 0 Å². The monoisotopic (exact) mass is 260 g/mol. The minimum atomic E-state index is 0.404. The van der Waals surface area contributed by atoms with Gasteiger partial charge in [-0.25, -0.2) is 0 Å². The molecule has 0 aliphatic heterocycles. The summed E-state index contributed by atoms with van der Waals surface area (Å²) in [7, 11) is 1.63. The minimum Gasteiger partial charge on any atom is -0.497 e. The van der Waals surface area contributed by atoms with Crippen LogP contribution in [0.15, 0.2) is 59.7 Å². The zero-order valence-electron chi connectivity index (χ0n) is 9.93. The number of hydrazone groups is 1. The van der Waals surface area contributed by atoms with Gasteiger partial charge < -0.3 is 4.74 Å². The van der Waals surface area contributed by atoms with Crippen LogP contribution in [0.3, 0.4) is 0 Å². The summed E-state index contributed by atoms with van der Waals surface area (Å²) < 4.78 is 5.08. The molecule has 2 aromatic rings. The van der Waals surface area contributed by atoms with Crippen LogP contribution >= 0.6 is 11.6 Å². The molecular formula is C14H13ClN2O. The summed E-state index contributed by atoms with van der Waals surface area (Å²) in [6.45, 7) is 0. The molecule has 0 atom stereocenters. The second-order valence-corrected chi connectivity index (χ2v) is 3.97. The summed E-state index contributed by atoms with van der Waals surface area (Å²) in [6.07, 6.45) is 0. The number of rotatable bonds is 4. The molecule has 3 nitrogen and oxygen atoms in total. The first-order valence-corrected chi connectivity index (χ1v) is 5.86. The van der Waals surface area contributed by atoms with Gasteiger partial charge in [0, 0.05) is 5.56 Å². The van der Waals surface area contributed by atoms with Gasteiger partial charge in [0.25, 0.3) is 0 Å². The van der Waals surface area contributed by atoms with E-state index in [-0.39, 0.29) is 0 Å². The lowest BCUT2D eigenvalue weighted by atomic mass is 10.2. The van der Waals surface area contributed by atoms with E-state index in [1.807, 2.05) is 54.6 Å². The van der Waals surface area contributed by atoms with E-state index in [1.54, 1.807) is 7.11 Å². The minimum absolute atomic E-state index is 0.404. The predicted octanol–water partition coefficient (Wildman–Crippen LogP) is 3.71. The highest BCUT2D eigenvalue weighted by molar-refractivity contribution is 6.69. The first-order chi connectivity index (χ1) is 8.79. The molecule has 0 aliphatic rings. The van der Waals surface area contributed by atoms with E-state index in [2.05, 4.69) is 10.5 Å². The van der Waals surface area contributed by atoms with Gasteiger partial charge in [0.2, 0.25) is 0 Å². The Kier molecular flexibility index (Phi) is 4.20. The summed E-state index contributed by atoms with van der Waals surface area (Å²) in [6, 6.07) is 17.0. The normalized spacial score (nSPS) is 11.1. The number of ether oxygens (including phenoxy) is 1. The van der Waals surface area contributed by atoms with Gasteiger partial charge >= 0.3 is 0 Å². The maximum Gasteiger partial charge on any atom is 0.156 e. The third-order valence-electron chi connectivity index (χ3n) is 2.39. The maximum absolute atomic E-state index is 6.10. The van der Waals surface area contributed by atoms with E-state index >= 15 is 0 Å². The van der Waals surface area contributed by atoms with Crippen molar-refractivity contribution in [2.75, 3.05) is 12.5 Å². The van der Waals surface area contributed by atoms with Gasteiger partial charge in [-0.2, -0.15) is 5.10 Å². The average Bonchev–Trinajstić information content (AvgIpc) is 2.46. The first kappa shape index (κ1) is 12.5. The number of halogens is 1. The Morgan fingerprint density at radius 2 is 1.72 bits per heavy atom. The second-order valence-electron chi connectivity index (χ2n) is 3.61. The summed E-state index contributed by atoms with van der Waals surface area (Å²) in [5.74, 6) is 0.791. The average molecular weight is 261 g/mol. The van der Waals surface area contributed by atoms with Crippen molar-refractivity contribution >= 4 is 22.5 Å². The van der Waals surface area contributed by atoms with Crippen LogP contribution in [0.5, 0.6) is 5.75 Å². The second kappa shape index (κ2) is 6.07. The van der Waals surface area contributed by atoms with Crippen molar-refractivity contribution in [1.29, 1.82) is 0 Å². The maximum atomic E-state index is 6.10. The van der Waals surface area contributed by atoms with E-state index in [0.717, 1.165) is 17.0 Å². The number of nitrogens with one attached hydrogen (secondary N) is 1. The van der Waals surface area contributed by atoms with Crippen molar-refractivity contribution in [2.45, 2.75) is 0 Å². The Bertz CT molecular complexity index is 523. The Morgan fingerprint density at radius 1 is 1.06 bits per heavy atom. The lowest BCUT2D eigenvalue weighted by molar-refractivity contribution is 0.415. The molecule has 0 aromatic heterocycles. The van der Waals surface area contributed by atoms with Gasteiger partial charge in [-0.15, -0.1) is 0 Å². The smallest absolute Gasteiger partial charge is 0.156 e. The lowest BCUT2D eigenvalue weighted by Gasteiger charge is -2.03. The molecule has 0 saturated carbocycles. The fourth-order valence-electron chi connectivity index (χ4n) is 1.42. The van der Waals surface area contributed by atoms with Crippen LogP contribution in [-0.4, -0.2) is 12.3 Å². The number of methoxy groups -OCH3 is 1. The van der Waals surface area contributed by atoms with Crippen LogP contribution in [0, 0.1) is 0 Å². The number of hydrogen-bond donors (Lipinski definition) is 1. The zero-order valence-corrected chi connectivity index (χ0v) is 10.7. The van der Waals surface area contributed by atoms with Crippen LogP contribution in [-0.2, 0) is 0 Å². The number of nitrogens with zero attached hydrogens (tertiary/aromatic N) is 1. The quantitative estimate of drug-likeness (QED) is 0.672. The molecule has 0 saturated heterocycles. The van der Waals surface area contributed by atoms with Crippen LogP contribution in [0.25, 0.3) is 0 Å². The zero-order chi connectivity index (χ0) is 12.8. The molecule has 2 rings (SSSR count). The molecule has 0 amide bonds. The highest BCUT2D eigenvalue weighted by atomic mass is 35.5. The molecule has 92 valence electrons. The lowest BCUT2D eigenvalue weighted by Crippen LogP contribution is -1.97. The van der Waals surface area contributed by atoms with Gasteiger partial charge in [0.05, 0.1) is 12.8 Å². The van der Waals surface area contributed by atoms with E-state index < -0.39 is 0 Å². The van der Waals surface area contributed by atoms with Crippen LogP contribution in [0.2, 0.25) is 0 Å². The van der Waals surface area contributed by atoms with Crippen molar-refractivity contribution in [3.05, 3.63) is 60.2 Å². The Hall–Kier alpha value is -2.00. The van der Waals surface area contributed by atoms with Crippen molar-refractivity contribution in [3.8, 4) is 5.75 Å². The largest absolute Gasteiger partial charge is 0.497 e. The first-order valence-electron chi connectivity index (χ1n) is 5.48. The van der Waals surface area contributed by atoms with Gasteiger partial charge in [0.1, 0.15) is 5.75 Å². The number of hydrogen-bond acceptors (Lipinski definition) is 3. The number of para-hydroxylation sites is 1. The predicted molar refractivity (Wildman–Crippen MR) is 75.4 cm³/mol. The Balaban J connectivity index is 2.08. The summed E-state index contributed by atoms with van der Waals surface area (Å²) in [5.41, 5.74) is 4.62. The molecule has 18 heavy (non-hydrogen) atoms. The molecule has 0 fully saturated rings. The molecule has 0 aliphatic carbocycles. The van der Waals surface area contributed by atoms with Crippen LogP contribution < -0.4 is 10.2 Å². The SMILES string of the molecule is COc1ccc(/C(Cl)=N/Nc2ccccc2)cc1. The third-order valence-corrected chi connectivity index (χ3v) is 2.69. The van der Waals surface area contributed by atoms with Crippen molar-refractivity contribution in [1.82, 2.24) is 0 Å². The molecule has 2 aromatic carbocycles. The van der Waals surface area contributed by atoms with Crippen molar-refractivity contribution < 1.29 is 4.74 Å². The summed E-state index contributed by atoms with van der Waals surface area (Å²) in [4.78, 5) is 0. The molecule has 4 heteroatoms. The molecule has 1 N–H and O–H groups in total. The molecule has 0 unspecified atom stereocenters. The molecule has 0 spiro atoms. The summed E-state index contributed by atoms with van der Waals surface area (Å²) in [5, 5.41) is 4.52. The highest BCUT2D eigenvalue weighted by Gasteiger charge is 2.00. The van der Waals surface area contributed by atoms with Crippen LogP contribution in [0.4, 0.5) is 5.69 Å². The topological polar surface area (TPSA) is 33.6 Å². The fraction of sp³-hybridized carbons (Fsp3) is 0.0714. The van der Waals surface area contributed by atoms with Gasteiger partial charge in [-0.1, -0.05) is 29.8 Å². The molecule has 0 bridgehead atoms. The van der Waals surface area contributed by atoms with E-state index in [4.69, 9.17) is 16.3 Å². The number of anilines is 1. The highest BCUT2D eigenvalue weighted by Crippen LogP contribution is 2.14. The van der Waals surface area contributed by atoms with Crippen LogP contribution in [0.1, 0.15) is 5.56 Å². The van der Waals surface area contributed by atoms with Gasteiger partial charge in [0.15, 0.2) is 5.17 Å². The summed E-state index contributed by atoms with van der Waals surface area (Å²) >= 11 is 6.10. The number of benzene rings is 2. The van der Waals surface area contributed by atoms with Gasteiger partial charge in [-0.05, 0) is 36.4 Å². The fourth-order valence-corrected chi connectivity index (χ4v) is 1.59. The molecular weight excluding hydrogens is 248 g/mol. The Morgan fingerprint density at radius 3 is 2.33 bits per heavy atom. The Labute approximate surface area is 111 Å². The van der Waals surface area contributed by atoms with E-state index in [0.29, 0.717) is 5.17 Å². The van der Waals surface area contributed by atoms with Crippen molar-refractivity contribution in [2.24, 2.45) is 5.10 Å². The standard InChI is InChI=1S/C14H13ClN2O/c1-18-13-9-7-11(8-10-13)14(15)17-16-12-5-3-2-4-6-12/h2-10,16H,1H3/b17-14-. The molecule has 0 heterocycles. The van der Waals surface area contributed by atoms with Gasteiger partial charge in [-0.3, -0.25) is 5.43 Å². The van der Waals surface area contributed by atoms with Crippen molar-refractivity contribution in [3.63, 3.8) is 0 Å².